The zero-order chi connectivity index (χ0) is 16.1. The van der Waals surface area contributed by atoms with Crippen molar-refractivity contribution in [3.05, 3.63) is 65.7 Å². The van der Waals surface area contributed by atoms with Crippen molar-refractivity contribution in [2.75, 3.05) is 31.6 Å². The molecule has 2 aromatic rings. The van der Waals surface area contributed by atoms with E-state index in [1.165, 1.54) is 12.7 Å². The van der Waals surface area contributed by atoms with Gasteiger partial charge in [-0.25, -0.2) is 4.79 Å². The Balaban J connectivity index is 1.82. The Morgan fingerprint density at radius 2 is 2.04 bits per heavy atom. The molecule has 0 aliphatic carbocycles. The van der Waals surface area contributed by atoms with Crippen LogP contribution in [-0.4, -0.2) is 38.8 Å². The van der Waals surface area contributed by atoms with Crippen molar-refractivity contribution >= 4 is 11.7 Å². The zero-order valence-corrected chi connectivity index (χ0v) is 13.4. The molecule has 3 rings (SSSR count). The third-order valence-corrected chi connectivity index (χ3v) is 4.26. The Morgan fingerprint density at radius 1 is 1.22 bits per heavy atom. The number of hydrogen-bond acceptors (Lipinski definition) is 4. The molecule has 1 atom stereocenters. The number of anilines is 1. The highest BCUT2D eigenvalue weighted by molar-refractivity contribution is 5.90. The molecular formula is C19H22N2O2. The number of nitrogens with zero attached hydrogens (tertiary/aromatic N) is 1. The van der Waals surface area contributed by atoms with Crippen LogP contribution >= 0.6 is 0 Å². The summed E-state index contributed by atoms with van der Waals surface area (Å²) in [5.41, 5.74) is 3.01. The van der Waals surface area contributed by atoms with Crippen LogP contribution in [0, 0.1) is 0 Å². The molecule has 23 heavy (non-hydrogen) atoms. The highest BCUT2D eigenvalue weighted by Crippen LogP contribution is 2.22. The third kappa shape index (κ3) is 3.71. The number of carbonyl (C=O) groups is 1. The molecule has 2 aromatic carbocycles. The van der Waals surface area contributed by atoms with E-state index in [1.54, 1.807) is 6.07 Å². The molecule has 120 valence electrons. The van der Waals surface area contributed by atoms with Crippen molar-refractivity contribution < 1.29 is 9.53 Å². The van der Waals surface area contributed by atoms with Crippen LogP contribution in [0.5, 0.6) is 0 Å². The number of hydrogen-bond donors (Lipinski definition) is 1. The van der Waals surface area contributed by atoms with E-state index in [0.29, 0.717) is 11.6 Å². The molecule has 1 heterocycles. The lowest BCUT2D eigenvalue weighted by Crippen LogP contribution is -2.52. The van der Waals surface area contributed by atoms with E-state index in [-0.39, 0.29) is 5.97 Å². The summed E-state index contributed by atoms with van der Waals surface area (Å²) in [6.07, 6.45) is 0.982. The van der Waals surface area contributed by atoms with Crippen molar-refractivity contribution in [2.24, 2.45) is 0 Å². The van der Waals surface area contributed by atoms with Gasteiger partial charge in [0.1, 0.15) is 0 Å². The second-order valence-electron chi connectivity index (χ2n) is 5.78. The maximum Gasteiger partial charge on any atom is 0.337 e. The minimum absolute atomic E-state index is 0.290. The number of piperazine rings is 1. The van der Waals surface area contributed by atoms with Gasteiger partial charge >= 0.3 is 5.97 Å². The normalized spacial score (nSPS) is 17.8. The molecule has 0 saturated carbocycles. The van der Waals surface area contributed by atoms with E-state index in [0.717, 1.165) is 31.7 Å². The van der Waals surface area contributed by atoms with Crippen molar-refractivity contribution in [2.45, 2.75) is 12.5 Å². The number of benzene rings is 2. The van der Waals surface area contributed by atoms with Gasteiger partial charge < -0.3 is 15.0 Å². The van der Waals surface area contributed by atoms with E-state index in [2.05, 4.69) is 40.5 Å². The molecule has 0 radical (unpaired) electrons. The van der Waals surface area contributed by atoms with Crippen LogP contribution in [0.15, 0.2) is 54.6 Å². The average Bonchev–Trinajstić information content (AvgIpc) is 2.62. The number of ether oxygens (including phenoxy) is 1. The summed E-state index contributed by atoms with van der Waals surface area (Å²) in [7, 11) is 1.41. The van der Waals surface area contributed by atoms with Gasteiger partial charge in [-0.2, -0.15) is 0 Å². The Kier molecular flexibility index (Phi) is 4.93. The van der Waals surface area contributed by atoms with Gasteiger partial charge in [0, 0.05) is 31.4 Å². The smallest absolute Gasteiger partial charge is 0.337 e. The fraction of sp³-hybridized carbons (Fsp3) is 0.316. The van der Waals surface area contributed by atoms with Gasteiger partial charge in [0.15, 0.2) is 0 Å². The van der Waals surface area contributed by atoms with E-state index in [1.807, 2.05) is 18.2 Å². The van der Waals surface area contributed by atoms with Crippen LogP contribution in [-0.2, 0) is 11.2 Å². The SMILES string of the molecule is COC(=O)c1cccc(N2CCNCC2Cc2ccccc2)c1. The molecule has 0 aromatic heterocycles. The number of methoxy groups -OCH3 is 1. The summed E-state index contributed by atoms with van der Waals surface area (Å²) >= 11 is 0. The zero-order valence-electron chi connectivity index (χ0n) is 13.4. The van der Waals surface area contributed by atoms with Crippen LogP contribution in [0.3, 0.4) is 0 Å². The second kappa shape index (κ2) is 7.29. The monoisotopic (exact) mass is 310 g/mol. The predicted octanol–water partition coefficient (Wildman–Crippen LogP) is 2.49. The van der Waals surface area contributed by atoms with Gasteiger partial charge in [0.05, 0.1) is 12.7 Å². The molecule has 1 aliphatic rings. The van der Waals surface area contributed by atoms with Crippen LogP contribution in [0.1, 0.15) is 15.9 Å². The quantitative estimate of drug-likeness (QED) is 0.881. The minimum atomic E-state index is -0.290. The van der Waals surface area contributed by atoms with Gasteiger partial charge in [-0.05, 0) is 30.2 Å². The summed E-state index contributed by atoms with van der Waals surface area (Å²) in [5, 5.41) is 3.47. The first-order valence-electron chi connectivity index (χ1n) is 7.97. The Bertz CT molecular complexity index is 657. The van der Waals surface area contributed by atoms with Crippen LogP contribution < -0.4 is 10.2 Å². The molecule has 1 fully saturated rings. The lowest BCUT2D eigenvalue weighted by atomic mass is 10.0. The summed E-state index contributed by atoms with van der Waals surface area (Å²) in [5.74, 6) is -0.290. The van der Waals surface area contributed by atoms with E-state index in [9.17, 15) is 4.79 Å². The Hall–Kier alpha value is -2.33. The number of rotatable bonds is 4. The predicted molar refractivity (Wildman–Crippen MR) is 91.9 cm³/mol. The highest BCUT2D eigenvalue weighted by Gasteiger charge is 2.23. The molecule has 1 N–H and O–H groups in total. The first-order valence-corrected chi connectivity index (χ1v) is 7.97. The Morgan fingerprint density at radius 3 is 2.83 bits per heavy atom. The van der Waals surface area contributed by atoms with Crippen LogP contribution in [0.2, 0.25) is 0 Å². The summed E-state index contributed by atoms with van der Waals surface area (Å²) < 4.78 is 4.83. The standard InChI is InChI=1S/C19H22N2O2/c1-23-19(22)16-8-5-9-17(13-16)21-11-10-20-14-18(21)12-15-6-3-2-4-7-15/h2-9,13,18,20H,10-12,14H2,1H3. The van der Waals surface area contributed by atoms with Crippen molar-refractivity contribution in [3.63, 3.8) is 0 Å². The topological polar surface area (TPSA) is 41.6 Å². The molecular weight excluding hydrogens is 288 g/mol. The molecule has 1 aliphatic heterocycles. The summed E-state index contributed by atoms with van der Waals surface area (Å²) in [6.45, 7) is 2.83. The third-order valence-electron chi connectivity index (χ3n) is 4.26. The van der Waals surface area contributed by atoms with E-state index < -0.39 is 0 Å². The van der Waals surface area contributed by atoms with Crippen LogP contribution in [0.4, 0.5) is 5.69 Å². The molecule has 4 heteroatoms. The van der Waals surface area contributed by atoms with Crippen molar-refractivity contribution in [1.82, 2.24) is 5.32 Å². The highest BCUT2D eigenvalue weighted by atomic mass is 16.5. The number of nitrogens with one attached hydrogen (secondary N) is 1. The van der Waals surface area contributed by atoms with E-state index in [4.69, 9.17) is 4.74 Å². The van der Waals surface area contributed by atoms with Gasteiger partial charge in [0.2, 0.25) is 0 Å². The fourth-order valence-corrected chi connectivity index (χ4v) is 3.10. The fourth-order valence-electron chi connectivity index (χ4n) is 3.10. The maximum atomic E-state index is 11.8. The lowest BCUT2D eigenvalue weighted by molar-refractivity contribution is 0.0600. The van der Waals surface area contributed by atoms with Gasteiger partial charge in [-0.1, -0.05) is 36.4 Å². The lowest BCUT2D eigenvalue weighted by Gasteiger charge is -2.38. The molecule has 1 saturated heterocycles. The second-order valence-corrected chi connectivity index (χ2v) is 5.78. The first kappa shape index (κ1) is 15.6. The number of carbonyl (C=O) groups excluding carboxylic acids is 1. The van der Waals surface area contributed by atoms with Crippen molar-refractivity contribution in [3.8, 4) is 0 Å². The molecule has 0 bridgehead atoms. The minimum Gasteiger partial charge on any atom is -0.465 e. The molecule has 0 amide bonds. The average molecular weight is 310 g/mol. The number of esters is 1. The van der Waals surface area contributed by atoms with Crippen LogP contribution in [0.25, 0.3) is 0 Å². The maximum absolute atomic E-state index is 11.8. The van der Waals surface area contributed by atoms with Crippen molar-refractivity contribution in [1.29, 1.82) is 0 Å². The van der Waals surface area contributed by atoms with Gasteiger partial charge in [-0.3, -0.25) is 0 Å². The molecule has 4 nitrogen and oxygen atoms in total. The largest absolute Gasteiger partial charge is 0.465 e. The summed E-state index contributed by atoms with van der Waals surface area (Å²) in [4.78, 5) is 14.2. The van der Waals surface area contributed by atoms with Gasteiger partial charge in [-0.15, -0.1) is 0 Å². The first-order chi connectivity index (χ1) is 11.3. The molecule has 0 spiro atoms. The van der Waals surface area contributed by atoms with Gasteiger partial charge in [0.25, 0.3) is 0 Å². The van der Waals surface area contributed by atoms with E-state index >= 15 is 0 Å². The molecule has 1 unspecified atom stereocenters. The summed E-state index contributed by atoms with van der Waals surface area (Å²) in [6, 6.07) is 18.6. The Labute approximate surface area is 137 Å².